The first-order valence-electron chi connectivity index (χ1n) is 6.48. The summed E-state index contributed by atoms with van der Waals surface area (Å²) < 4.78 is 0. The molecule has 0 aliphatic carbocycles. The van der Waals surface area contributed by atoms with Crippen LogP contribution in [0.15, 0.2) is 34.5 Å². The fourth-order valence-corrected chi connectivity index (χ4v) is 2.01. The summed E-state index contributed by atoms with van der Waals surface area (Å²) in [6.45, 7) is 1.76. The number of amides is 2. The van der Waals surface area contributed by atoms with Crippen molar-refractivity contribution < 1.29 is 9.59 Å². The highest BCUT2D eigenvalue weighted by Gasteiger charge is 2.26. The van der Waals surface area contributed by atoms with Gasteiger partial charge in [-0.05, 0) is 31.0 Å². The molecule has 1 aromatic rings. The highest BCUT2D eigenvalue weighted by atomic mass is 35.5. The van der Waals surface area contributed by atoms with Crippen LogP contribution >= 0.6 is 11.6 Å². The van der Waals surface area contributed by atoms with Gasteiger partial charge in [-0.1, -0.05) is 23.7 Å². The van der Waals surface area contributed by atoms with Crippen molar-refractivity contribution >= 4 is 35.3 Å². The summed E-state index contributed by atoms with van der Waals surface area (Å²) in [7, 11) is 0. The minimum atomic E-state index is -0.323. The third-order valence-corrected chi connectivity index (χ3v) is 3.35. The fourth-order valence-electron chi connectivity index (χ4n) is 1.89. The number of halogens is 1. The van der Waals surface area contributed by atoms with Gasteiger partial charge in [0.25, 0.3) is 0 Å². The zero-order chi connectivity index (χ0) is 15.2. The van der Waals surface area contributed by atoms with E-state index in [9.17, 15) is 9.59 Å². The minimum Gasteiger partial charge on any atom is -0.273 e. The van der Waals surface area contributed by atoms with Crippen LogP contribution in [0, 0.1) is 5.92 Å². The van der Waals surface area contributed by atoms with Gasteiger partial charge in [-0.3, -0.25) is 9.59 Å². The Morgan fingerprint density at radius 1 is 1.48 bits per heavy atom. The molecule has 1 aromatic carbocycles. The smallest absolute Gasteiger partial charge is 0.248 e. The number of carbonyl (C=O) groups is 2. The highest BCUT2D eigenvalue weighted by Crippen LogP contribution is 2.13. The second kappa shape index (κ2) is 6.99. The topological polar surface area (TPSA) is 82.9 Å². The summed E-state index contributed by atoms with van der Waals surface area (Å²) in [4.78, 5) is 23.1. The lowest BCUT2D eigenvalue weighted by Crippen LogP contribution is -2.25. The van der Waals surface area contributed by atoms with Gasteiger partial charge in [-0.15, -0.1) is 0 Å². The molecular weight excluding hydrogens is 292 g/mol. The molecular formula is C14H15ClN4O2. The maximum atomic E-state index is 11.6. The average molecular weight is 307 g/mol. The maximum Gasteiger partial charge on any atom is 0.248 e. The largest absolute Gasteiger partial charge is 0.273 e. The molecule has 0 fully saturated rings. The van der Waals surface area contributed by atoms with E-state index in [-0.39, 0.29) is 24.2 Å². The molecule has 7 heteroatoms. The Bertz CT molecular complexity index is 595. The summed E-state index contributed by atoms with van der Waals surface area (Å²) in [6.07, 6.45) is 2.16. The van der Waals surface area contributed by atoms with Crippen LogP contribution in [0.4, 0.5) is 0 Å². The fraction of sp³-hybridized carbons (Fsp3) is 0.286. The Morgan fingerprint density at radius 2 is 2.19 bits per heavy atom. The highest BCUT2D eigenvalue weighted by molar-refractivity contribution is 6.30. The first kappa shape index (κ1) is 15.2. The zero-order valence-electron chi connectivity index (χ0n) is 11.5. The van der Waals surface area contributed by atoms with Gasteiger partial charge in [0.05, 0.1) is 12.1 Å². The molecule has 110 valence electrons. The van der Waals surface area contributed by atoms with Gasteiger partial charge >= 0.3 is 0 Å². The molecule has 0 radical (unpaired) electrons. The van der Waals surface area contributed by atoms with E-state index in [0.717, 1.165) is 5.56 Å². The lowest BCUT2D eigenvalue weighted by molar-refractivity contribution is -0.123. The number of nitrogens with one attached hydrogen (secondary N) is 2. The van der Waals surface area contributed by atoms with Gasteiger partial charge in [0.2, 0.25) is 11.8 Å². The number of hydrogen-bond donors (Lipinski definition) is 2. The summed E-state index contributed by atoms with van der Waals surface area (Å²) in [5, 5.41) is 8.33. The van der Waals surface area contributed by atoms with E-state index in [0.29, 0.717) is 17.2 Å². The van der Waals surface area contributed by atoms with Gasteiger partial charge in [0.1, 0.15) is 0 Å². The quantitative estimate of drug-likeness (QED) is 0.641. The van der Waals surface area contributed by atoms with Gasteiger partial charge in [-0.25, -0.2) is 10.9 Å². The molecule has 0 saturated carbocycles. The van der Waals surface area contributed by atoms with Crippen LogP contribution in [0.1, 0.15) is 25.3 Å². The third-order valence-electron chi connectivity index (χ3n) is 3.10. The summed E-state index contributed by atoms with van der Waals surface area (Å²) in [5.41, 5.74) is 6.35. The Kier molecular flexibility index (Phi) is 5.05. The average Bonchev–Trinajstić information content (AvgIpc) is 2.78. The Hall–Kier alpha value is -2.21. The van der Waals surface area contributed by atoms with E-state index in [1.165, 1.54) is 6.21 Å². The van der Waals surface area contributed by atoms with Crippen molar-refractivity contribution in [3.05, 3.63) is 34.9 Å². The summed E-state index contributed by atoms with van der Waals surface area (Å²) >= 11 is 5.77. The number of hydrogen-bond acceptors (Lipinski definition) is 4. The predicted octanol–water partition coefficient (Wildman–Crippen LogP) is 1.69. The molecule has 6 nitrogen and oxygen atoms in total. The van der Waals surface area contributed by atoms with Crippen molar-refractivity contribution in [3.8, 4) is 0 Å². The molecule has 0 unspecified atom stereocenters. The van der Waals surface area contributed by atoms with Crippen LogP contribution in [0.25, 0.3) is 0 Å². The lowest BCUT2D eigenvalue weighted by Gasteiger charge is -2.06. The molecule has 1 atom stereocenters. The molecule has 21 heavy (non-hydrogen) atoms. The number of carbonyl (C=O) groups excluding carboxylic acids is 2. The molecule has 0 aromatic heterocycles. The zero-order valence-corrected chi connectivity index (χ0v) is 12.2. The van der Waals surface area contributed by atoms with Crippen LogP contribution in [-0.2, 0) is 9.59 Å². The monoisotopic (exact) mass is 306 g/mol. The van der Waals surface area contributed by atoms with Crippen LogP contribution in [0.3, 0.4) is 0 Å². The van der Waals surface area contributed by atoms with Gasteiger partial charge in [0.15, 0.2) is 0 Å². The summed E-state index contributed by atoms with van der Waals surface area (Å²) in [5.74, 6) is -0.728. The van der Waals surface area contributed by atoms with Crippen molar-refractivity contribution in [2.24, 2.45) is 16.1 Å². The van der Waals surface area contributed by atoms with Crippen LogP contribution in [-0.4, -0.2) is 23.7 Å². The second-order valence-electron chi connectivity index (χ2n) is 4.67. The molecule has 1 aliphatic heterocycles. The number of nitrogens with zero attached hydrogens (tertiary/aromatic N) is 2. The molecule has 0 saturated heterocycles. The molecule has 0 bridgehead atoms. The first-order chi connectivity index (χ1) is 10.1. The standard InChI is InChI=1S/C14H15ClN4O2/c1-9-12(14(21)19-17-9)6-7-13(20)18-16-8-10-2-4-11(15)5-3-10/h2-5,8,12H,6-7H2,1H3,(H,18,20)(H,19,21)/b16-8-/t12-/m0/s1. The van der Waals surface area contributed by atoms with Crippen LogP contribution in [0.5, 0.6) is 0 Å². The molecule has 2 amide bonds. The van der Waals surface area contributed by atoms with E-state index in [1.54, 1.807) is 31.2 Å². The van der Waals surface area contributed by atoms with Crippen molar-refractivity contribution in [2.45, 2.75) is 19.8 Å². The van der Waals surface area contributed by atoms with Crippen molar-refractivity contribution in [1.82, 2.24) is 10.9 Å². The van der Waals surface area contributed by atoms with E-state index in [4.69, 9.17) is 11.6 Å². The van der Waals surface area contributed by atoms with Crippen LogP contribution in [0.2, 0.25) is 5.02 Å². The Labute approximate surface area is 127 Å². The molecule has 1 heterocycles. The number of hydrazone groups is 2. The first-order valence-corrected chi connectivity index (χ1v) is 6.85. The predicted molar refractivity (Wildman–Crippen MR) is 81.2 cm³/mol. The van der Waals surface area contributed by atoms with Crippen molar-refractivity contribution in [1.29, 1.82) is 0 Å². The van der Waals surface area contributed by atoms with Crippen molar-refractivity contribution in [3.63, 3.8) is 0 Å². The Morgan fingerprint density at radius 3 is 2.81 bits per heavy atom. The van der Waals surface area contributed by atoms with Gasteiger partial charge < -0.3 is 0 Å². The molecule has 2 rings (SSSR count). The summed E-state index contributed by atoms with van der Waals surface area (Å²) in [6, 6.07) is 7.07. The molecule has 1 aliphatic rings. The molecule has 2 N–H and O–H groups in total. The maximum absolute atomic E-state index is 11.6. The van der Waals surface area contributed by atoms with Gasteiger partial charge in [0, 0.05) is 17.2 Å². The third kappa shape index (κ3) is 4.39. The minimum absolute atomic E-state index is 0.162. The normalized spacial score (nSPS) is 17.7. The van der Waals surface area contributed by atoms with Gasteiger partial charge in [-0.2, -0.15) is 10.2 Å². The van der Waals surface area contributed by atoms with E-state index < -0.39 is 0 Å². The van der Waals surface area contributed by atoms with E-state index in [1.807, 2.05) is 0 Å². The number of rotatable bonds is 5. The van der Waals surface area contributed by atoms with Crippen molar-refractivity contribution in [2.75, 3.05) is 0 Å². The SMILES string of the molecule is CC1=NNC(=O)[C@H]1CCC(=O)N/N=C\c1ccc(Cl)cc1. The lowest BCUT2D eigenvalue weighted by atomic mass is 9.99. The Balaban J connectivity index is 1.76. The molecule has 0 spiro atoms. The van der Waals surface area contributed by atoms with E-state index in [2.05, 4.69) is 21.1 Å². The van der Waals surface area contributed by atoms with Crippen LogP contribution < -0.4 is 10.9 Å². The second-order valence-corrected chi connectivity index (χ2v) is 5.10. The number of benzene rings is 1. The van der Waals surface area contributed by atoms with E-state index >= 15 is 0 Å².